The first-order chi connectivity index (χ1) is 14.8. The van der Waals surface area contributed by atoms with Crippen LogP contribution in [0.3, 0.4) is 0 Å². The first-order valence-corrected chi connectivity index (χ1v) is 11.6. The van der Waals surface area contributed by atoms with Crippen LogP contribution in [0.4, 0.5) is 23.4 Å². The summed E-state index contributed by atoms with van der Waals surface area (Å²) < 4.78 is 81.1. The number of benzene rings is 1. The van der Waals surface area contributed by atoms with Gasteiger partial charge in [0.15, 0.2) is 0 Å². The van der Waals surface area contributed by atoms with Crippen LogP contribution in [0, 0.1) is 5.82 Å². The zero-order valence-electron chi connectivity index (χ0n) is 18.0. The summed E-state index contributed by atoms with van der Waals surface area (Å²) >= 11 is 0. The van der Waals surface area contributed by atoms with Gasteiger partial charge in [0.2, 0.25) is 10.0 Å². The fourth-order valence-electron chi connectivity index (χ4n) is 3.32. The number of hydrogen-bond donors (Lipinski definition) is 3. The van der Waals surface area contributed by atoms with Crippen LogP contribution >= 0.6 is 0 Å². The Bertz CT molecular complexity index is 1010. The Kier molecular flexibility index (Phi) is 8.24. The van der Waals surface area contributed by atoms with E-state index in [1.807, 2.05) is 13.8 Å². The number of pyridine rings is 1. The first-order valence-electron chi connectivity index (χ1n) is 10.1. The molecule has 0 spiro atoms. The van der Waals surface area contributed by atoms with Gasteiger partial charge in [-0.05, 0) is 49.6 Å². The lowest BCUT2D eigenvalue weighted by Gasteiger charge is -2.32. The highest BCUT2D eigenvalue weighted by atomic mass is 32.2. The summed E-state index contributed by atoms with van der Waals surface area (Å²) in [5.41, 5.74) is -1.16. The van der Waals surface area contributed by atoms with Gasteiger partial charge in [0.05, 0.1) is 6.10 Å². The van der Waals surface area contributed by atoms with E-state index in [1.165, 1.54) is 19.1 Å². The van der Waals surface area contributed by atoms with Crippen molar-refractivity contribution in [2.75, 3.05) is 18.4 Å². The van der Waals surface area contributed by atoms with Crippen LogP contribution < -0.4 is 10.0 Å². The van der Waals surface area contributed by atoms with Crippen molar-refractivity contribution in [3.8, 4) is 0 Å². The molecule has 3 N–H and O–H groups in total. The molecule has 0 saturated carbocycles. The lowest BCUT2D eigenvalue weighted by atomic mass is 9.76. The summed E-state index contributed by atoms with van der Waals surface area (Å²) in [7, 11) is -4.27. The van der Waals surface area contributed by atoms with Crippen molar-refractivity contribution < 1.29 is 31.1 Å². The van der Waals surface area contributed by atoms with Crippen molar-refractivity contribution in [2.24, 2.45) is 0 Å². The highest BCUT2D eigenvalue weighted by Gasteiger charge is 2.35. The zero-order chi connectivity index (χ0) is 24.2. The molecule has 0 saturated heterocycles. The Morgan fingerprint density at radius 1 is 1.06 bits per heavy atom. The van der Waals surface area contributed by atoms with Crippen LogP contribution in [-0.2, 0) is 21.6 Å². The number of nitrogens with one attached hydrogen (secondary N) is 2. The maximum Gasteiger partial charge on any atom is 0.433 e. The molecule has 0 aliphatic carbocycles. The molecular formula is C21H27F4N3O3S. The minimum absolute atomic E-state index is 0.0508. The van der Waals surface area contributed by atoms with Crippen molar-refractivity contribution >= 4 is 15.8 Å². The zero-order valence-corrected chi connectivity index (χ0v) is 18.8. The molecule has 0 fully saturated rings. The van der Waals surface area contributed by atoms with Gasteiger partial charge in [0, 0.05) is 18.5 Å². The second kappa shape index (κ2) is 10.1. The molecule has 6 nitrogen and oxygen atoms in total. The number of aromatic nitrogens is 1. The maximum atomic E-state index is 13.3. The number of nitrogens with zero attached hydrogens (tertiary/aromatic N) is 1. The van der Waals surface area contributed by atoms with Gasteiger partial charge in [-0.1, -0.05) is 26.0 Å². The van der Waals surface area contributed by atoms with E-state index in [1.54, 1.807) is 12.1 Å². The largest absolute Gasteiger partial charge is 0.433 e. The van der Waals surface area contributed by atoms with Gasteiger partial charge in [-0.15, -0.1) is 0 Å². The Morgan fingerprint density at radius 2 is 1.66 bits per heavy atom. The third-order valence-electron chi connectivity index (χ3n) is 5.41. The highest BCUT2D eigenvalue weighted by molar-refractivity contribution is 7.89. The molecule has 2 aromatic rings. The maximum absolute atomic E-state index is 13.3. The summed E-state index contributed by atoms with van der Waals surface area (Å²) in [4.78, 5) is 2.96. The summed E-state index contributed by atoms with van der Waals surface area (Å²) in [5, 5.41) is 11.9. The molecule has 11 heteroatoms. The summed E-state index contributed by atoms with van der Waals surface area (Å²) in [6.45, 7) is 4.89. The predicted octanol–water partition coefficient (Wildman–Crippen LogP) is 4.07. The van der Waals surface area contributed by atoms with E-state index in [0.29, 0.717) is 18.9 Å². The molecule has 0 aliphatic rings. The van der Waals surface area contributed by atoms with Gasteiger partial charge < -0.3 is 10.4 Å². The van der Waals surface area contributed by atoms with E-state index in [2.05, 4.69) is 15.0 Å². The van der Waals surface area contributed by atoms with Crippen LogP contribution in [0.2, 0.25) is 0 Å². The number of aliphatic hydroxyl groups is 1. The smallest absolute Gasteiger partial charge is 0.392 e. The lowest BCUT2D eigenvalue weighted by Crippen LogP contribution is -2.40. The number of aliphatic hydroxyl groups excluding tert-OH is 1. The van der Waals surface area contributed by atoms with Gasteiger partial charge in [-0.3, -0.25) is 0 Å². The molecule has 0 aliphatic heterocycles. The molecular weight excluding hydrogens is 450 g/mol. The molecule has 0 unspecified atom stereocenters. The Balaban J connectivity index is 2.40. The fourth-order valence-corrected chi connectivity index (χ4v) is 4.56. The van der Waals surface area contributed by atoms with E-state index < -0.39 is 49.9 Å². The highest BCUT2D eigenvalue weighted by Crippen LogP contribution is 2.33. The number of hydrogen-bond acceptors (Lipinski definition) is 5. The molecule has 2 rings (SSSR count). The third-order valence-corrected chi connectivity index (χ3v) is 6.85. The van der Waals surface area contributed by atoms with Crippen LogP contribution in [0.5, 0.6) is 0 Å². The minimum Gasteiger partial charge on any atom is -0.392 e. The summed E-state index contributed by atoms with van der Waals surface area (Å²) in [5.74, 6) is -0.923. The van der Waals surface area contributed by atoms with Crippen LogP contribution in [-0.4, -0.2) is 37.7 Å². The van der Waals surface area contributed by atoms with Crippen molar-refractivity contribution in [1.82, 2.24) is 9.71 Å². The van der Waals surface area contributed by atoms with Crippen molar-refractivity contribution in [3.05, 3.63) is 53.5 Å². The quantitative estimate of drug-likeness (QED) is 0.449. The number of rotatable bonds is 10. The van der Waals surface area contributed by atoms with Crippen molar-refractivity contribution in [2.45, 2.75) is 56.2 Å². The Morgan fingerprint density at radius 3 is 2.16 bits per heavy atom. The monoisotopic (exact) mass is 477 g/mol. The standard InChI is InChI=1S/C21H27F4N3O3S/c1-4-20(5-2,15-6-8-16(22)9-7-15)13-27-32(30,31)17-10-11-18(21(23,24)25)28-19(17)26-12-14(3)29/h6-11,14,27,29H,4-5,12-13H2,1-3H3,(H,26,28)/t14-/m0/s1. The predicted molar refractivity (Wildman–Crippen MR) is 113 cm³/mol. The number of halogens is 4. The molecule has 0 bridgehead atoms. The minimum atomic E-state index is -4.76. The van der Waals surface area contributed by atoms with Crippen LogP contribution in [0.25, 0.3) is 0 Å². The summed E-state index contributed by atoms with van der Waals surface area (Å²) in [6, 6.07) is 7.19. The van der Waals surface area contributed by atoms with E-state index in [0.717, 1.165) is 11.6 Å². The van der Waals surface area contributed by atoms with E-state index in [-0.39, 0.29) is 13.1 Å². The van der Waals surface area contributed by atoms with Gasteiger partial charge in [-0.2, -0.15) is 13.2 Å². The number of sulfonamides is 1. The number of anilines is 1. The normalized spacial score (nSPS) is 13.8. The van der Waals surface area contributed by atoms with Crippen LogP contribution in [0.1, 0.15) is 44.9 Å². The molecule has 1 heterocycles. The van der Waals surface area contributed by atoms with Crippen molar-refractivity contribution in [1.29, 1.82) is 0 Å². The molecule has 1 aromatic heterocycles. The second-order valence-corrected chi connectivity index (χ2v) is 9.33. The van der Waals surface area contributed by atoms with Crippen molar-refractivity contribution in [3.63, 3.8) is 0 Å². The van der Waals surface area contributed by atoms with E-state index in [4.69, 9.17) is 0 Å². The van der Waals surface area contributed by atoms with Gasteiger partial charge in [0.25, 0.3) is 0 Å². The average molecular weight is 478 g/mol. The summed E-state index contributed by atoms with van der Waals surface area (Å²) in [6.07, 6.45) is -4.63. The first kappa shape index (κ1) is 26.0. The third kappa shape index (κ3) is 6.17. The second-order valence-electron chi connectivity index (χ2n) is 7.59. The van der Waals surface area contributed by atoms with Gasteiger partial charge in [0.1, 0.15) is 22.2 Å². The lowest BCUT2D eigenvalue weighted by molar-refractivity contribution is -0.141. The van der Waals surface area contributed by atoms with Crippen LogP contribution in [0.15, 0.2) is 41.3 Å². The number of alkyl halides is 3. The molecule has 178 valence electrons. The van der Waals surface area contributed by atoms with E-state index in [9.17, 15) is 31.1 Å². The molecule has 1 atom stereocenters. The Hall–Kier alpha value is -2.24. The Labute approximate surface area is 185 Å². The SMILES string of the molecule is CCC(CC)(CNS(=O)(=O)c1ccc(C(F)(F)F)nc1NC[C@H](C)O)c1ccc(F)cc1. The topological polar surface area (TPSA) is 91.3 Å². The van der Waals surface area contributed by atoms with Gasteiger partial charge in [-0.25, -0.2) is 22.5 Å². The van der Waals surface area contributed by atoms with Gasteiger partial charge >= 0.3 is 6.18 Å². The molecule has 0 radical (unpaired) electrons. The molecule has 1 aromatic carbocycles. The van der Waals surface area contributed by atoms with E-state index >= 15 is 0 Å². The molecule has 0 amide bonds. The fraction of sp³-hybridized carbons (Fsp3) is 0.476. The average Bonchev–Trinajstić information content (AvgIpc) is 2.73. The molecule has 32 heavy (non-hydrogen) atoms.